The molecule has 7 heteroatoms. The Morgan fingerprint density at radius 2 is 1.74 bits per heavy atom. The van der Waals surface area contributed by atoms with Gasteiger partial charge in [-0.2, -0.15) is 0 Å². The number of imidazole rings is 1. The Morgan fingerprint density at radius 3 is 2.37 bits per heavy atom. The number of para-hydroxylation sites is 2. The summed E-state index contributed by atoms with van der Waals surface area (Å²) in [5.41, 5.74) is 4.00. The van der Waals surface area contributed by atoms with Crippen molar-refractivity contribution in [2.45, 2.75) is 38.5 Å². The third kappa shape index (κ3) is 3.73. The van der Waals surface area contributed by atoms with Gasteiger partial charge in [0, 0.05) is 19.9 Å². The van der Waals surface area contributed by atoms with Crippen LogP contribution in [0.25, 0.3) is 11.0 Å². The highest BCUT2D eigenvalue weighted by Gasteiger charge is 2.28. The number of benzene rings is 2. The van der Waals surface area contributed by atoms with E-state index < -0.39 is 15.9 Å². The van der Waals surface area contributed by atoms with E-state index in [4.69, 9.17) is 0 Å². The number of amides is 1. The standard InChI is InChI=1S/C20H23N3O3S/c1-13-11-14(2)20(15(3)12-13)27(25,26)23(4)19(24)10-9-18-21-16-7-5-6-8-17(16)22-18/h5-8,11-12H,9-10H2,1-4H3,(H,21,22). The smallest absolute Gasteiger partial charge is 0.266 e. The normalized spacial score (nSPS) is 11.7. The molecule has 0 aliphatic rings. The van der Waals surface area contributed by atoms with E-state index in [1.807, 2.05) is 43.3 Å². The van der Waals surface area contributed by atoms with Crippen molar-refractivity contribution in [3.63, 3.8) is 0 Å². The van der Waals surface area contributed by atoms with Crippen molar-refractivity contribution in [2.75, 3.05) is 7.05 Å². The van der Waals surface area contributed by atoms with Crippen LogP contribution in [0.4, 0.5) is 0 Å². The van der Waals surface area contributed by atoms with Gasteiger partial charge < -0.3 is 4.98 Å². The van der Waals surface area contributed by atoms with E-state index >= 15 is 0 Å². The topological polar surface area (TPSA) is 83.1 Å². The van der Waals surface area contributed by atoms with Crippen LogP contribution in [0.3, 0.4) is 0 Å². The highest BCUT2D eigenvalue weighted by molar-refractivity contribution is 7.89. The molecule has 1 heterocycles. The van der Waals surface area contributed by atoms with Gasteiger partial charge in [-0.25, -0.2) is 17.7 Å². The summed E-state index contributed by atoms with van der Waals surface area (Å²) in [5.74, 6) is 0.202. The monoisotopic (exact) mass is 385 g/mol. The van der Waals surface area contributed by atoms with Crippen LogP contribution < -0.4 is 0 Å². The summed E-state index contributed by atoms with van der Waals surface area (Å²) in [6.07, 6.45) is 0.402. The van der Waals surface area contributed by atoms with Crippen molar-refractivity contribution in [1.29, 1.82) is 0 Å². The predicted octanol–water partition coefficient (Wildman–Crippen LogP) is 3.27. The van der Waals surface area contributed by atoms with E-state index in [0.29, 0.717) is 23.4 Å². The number of rotatable bonds is 5. The van der Waals surface area contributed by atoms with E-state index in [2.05, 4.69) is 9.97 Å². The van der Waals surface area contributed by atoms with Crippen LogP contribution in [-0.4, -0.2) is 35.6 Å². The first-order valence-corrected chi connectivity index (χ1v) is 10.2. The maximum absolute atomic E-state index is 13.0. The van der Waals surface area contributed by atoms with E-state index in [1.165, 1.54) is 7.05 Å². The molecule has 0 spiro atoms. The zero-order chi connectivity index (χ0) is 19.8. The summed E-state index contributed by atoms with van der Waals surface area (Å²) in [5, 5.41) is 0. The third-order valence-electron chi connectivity index (χ3n) is 4.59. The van der Waals surface area contributed by atoms with Crippen LogP contribution in [0.2, 0.25) is 0 Å². The Morgan fingerprint density at radius 1 is 1.11 bits per heavy atom. The minimum atomic E-state index is -3.89. The number of carbonyl (C=O) groups excluding carboxylic acids is 1. The quantitative estimate of drug-likeness (QED) is 0.731. The molecule has 2 aromatic carbocycles. The molecule has 0 radical (unpaired) electrons. The lowest BCUT2D eigenvalue weighted by atomic mass is 10.1. The molecule has 6 nitrogen and oxygen atoms in total. The molecule has 1 N–H and O–H groups in total. The van der Waals surface area contributed by atoms with Crippen molar-refractivity contribution in [3.8, 4) is 0 Å². The lowest BCUT2D eigenvalue weighted by molar-refractivity contribution is -0.125. The van der Waals surface area contributed by atoms with Crippen LogP contribution in [0.15, 0.2) is 41.3 Å². The summed E-state index contributed by atoms with van der Waals surface area (Å²) in [4.78, 5) is 20.3. The number of nitrogens with zero attached hydrogens (tertiary/aromatic N) is 2. The maximum atomic E-state index is 13.0. The first-order chi connectivity index (χ1) is 12.7. The van der Waals surface area contributed by atoms with Crippen LogP contribution >= 0.6 is 0 Å². The van der Waals surface area contributed by atoms with Crippen LogP contribution in [-0.2, 0) is 21.2 Å². The predicted molar refractivity (Wildman–Crippen MR) is 105 cm³/mol. The summed E-state index contributed by atoms with van der Waals surface area (Å²) in [6, 6.07) is 11.2. The van der Waals surface area contributed by atoms with E-state index in [1.54, 1.807) is 13.8 Å². The van der Waals surface area contributed by atoms with Gasteiger partial charge in [-0.05, 0) is 44.0 Å². The molecule has 0 saturated carbocycles. The lowest BCUT2D eigenvalue weighted by Gasteiger charge is -2.20. The number of sulfonamides is 1. The van der Waals surface area contributed by atoms with E-state index in [-0.39, 0.29) is 11.3 Å². The number of hydrogen-bond acceptors (Lipinski definition) is 4. The molecule has 27 heavy (non-hydrogen) atoms. The van der Waals surface area contributed by atoms with Gasteiger partial charge in [-0.1, -0.05) is 29.8 Å². The van der Waals surface area contributed by atoms with Gasteiger partial charge in [0.2, 0.25) is 5.91 Å². The highest BCUT2D eigenvalue weighted by atomic mass is 32.2. The van der Waals surface area contributed by atoms with E-state index in [0.717, 1.165) is 20.9 Å². The van der Waals surface area contributed by atoms with Gasteiger partial charge in [0.15, 0.2) is 0 Å². The second-order valence-corrected chi connectivity index (χ2v) is 8.70. The molecule has 0 unspecified atom stereocenters. The molecule has 3 rings (SSSR count). The van der Waals surface area contributed by atoms with Gasteiger partial charge >= 0.3 is 0 Å². The fourth-order valence-corrected chi connectivity index (χ4v) is 4.92. The number of nitrogens with one attached hydrogen (secondary N) is 1. The van der Waals surface area contributed by atoms with E-state index in [9.17, 15) is 13.2 Å². The SMILES string of the molecule is Cc1cc(C)c(S(=O)(=O)N(C)C(=O)CCc2nc3ccccc3[nH]2)c(C)c1. The summed E-state index contributed by atoms with van der Waals surface area (Å²) in [6.45, 7) is 5.41. The number of H-pyrrole nitrogens is 1. The van der Waals surface area contributed by atoms with Gasteiger partial charge in [0.1, 0.15) is 5.82 Å². The number of hydrogen-bond donors (Lipinski definition) is 1. The summed E-state index contributed by atoms with van der Waals surface area (Å²) in [7, 11) is -2.58. The number of carbonyl (C=O) groups is 1. The molecule has 0 atom stereocenters. The first-order valence-electron chi connectivity index (χ1n) is 8.73. The molecule has 0 bridgehead atoms. The molecular formula is C20H23N3O3S. The lowest BCUT2D eigenvalue weighted by Crippen LogP contribution is -2.34. The molecule has 142 valence electrons. The maximum Gasteiger partial charge on any atom is 0.266 e. The van der Waals surface area contributed by atoms with Gasteiger partial charge in [0.25, 0.3) is 10.0 Å². The minimum Gasteiger partial charge on any atom is -0.342 e. The molecule has 0 aliphatic heterocycles. The number of aromatic amines is 1. The van der Waals surface area contributed by atoms with Crippen molar-refractivity contribution < 1.29 is 13.2 Å². The minimum absolute atomic E-state index is 0.0551. The summed E-state index contributed by atoms with van der Waals surface area (Å²) >= 11 is 0. The average molecular weight is 385 g/mol. The Kier molecular flexibility index (Phi) is 5.06. The molecule has 1 aromatic heterocycles. The van der Waals surface area contributed by atoms with Crippen molar-refractivity contribution in [2.24, 2.45) is 0 Å². The second kappa shape index (κ2) is 7.15. The molecule has 0 aliphatic carbocycles. The molecular weight excluding hydrogens is 362 g/mol. The van der Waals surface area contributed by atoms with Gasteiger partial charge in [-0.15, -0.1) is 0 Å². The molecule has 0 saturated heterocycles. The zero-order valence-electron chi connectivity index (χ0n) is 15.9. The number of aryl methyl sites for hydroxylation is 4. The molecule has 1 amide bonds. The van der Waals surface area contributed by atoms with Crippen LogP contribution in [0.1, 0.15) is 28.9 Å². The van der Waals surface area contributed by atoms with Crippen LogP contribution in [0, 0.1) is 20.8 Å². The zero-order valence-corrected chi connectivity index (χ0v) is 16.7. The Labute approximate surface area is 159 Å². The second-order valence-electron chi connectivity index (χ2n) is 6.79. The average Bonchev–Trinajstić information content (AvgIpc) is 3.00. The van der Waals surface area contributed by atoms with Crippen molar-refractivity contribution in [3.05, 3.63) is 58.9 Å². The largest absolute Gasteiger partial charge is 0.342 e. The van der Waals surface area contributed by atoms with Gasteiger partial charge in [0.05, 0.1) is 15.9 Å². The number of aromatic nitrogens is 2. The Hall–Kier alpha value is -2.67. The third-order valence-corrected chi connectivity index (χ3v) is 6.67. The first kappa shape index (κ1) is 19.1. The fourth-order valence-electron chi connectivity index (χ4n) is 3.35. The fraction of sp³-hybridized carbons (Fsp3) is 0.300. The highest BCUT2D eigenvalue weighted by Crippen LogP contribution is 2.25. The van der Waals surface area contributed by atoms with Crippen molar-refractivity contribution >= 4 is 27.0 Å². The van der Waals surface area contributed by atoms with Crippen LogP contribution in [0.5, 0.6) is 0 Å². The van der Waals surface area contributed by atoms with Crippen molar-refractivity contribution in [1.82, 2.24) is 14.3 Å². The van der Waals surface area contributed by atoms with Gasteiger partial charge in [-0.3, -0.25) is 4.79 Å². The number of fused-ring (bicyclic) bond motifs is 1. The molecule has 3 aromatic rings. The Bertz CT molecular complexity index is 1060. The summed E-state index contributed by atoms with van der Waals surface area (Å²) < 4.78 is 26.8. The Balaban J connectivity index is 1.78. The molecule has 0 fully saturated rings.